The van der Waals surface area contributed by atoms with E-state index in [0.717, 1.165) is 43.7 Å². The minimum absolute atomic E-state index is 0. The first-order chi connectivity index (χ1) is 12.3. The van der Waals surface area contributed by atoms with Gasteiger partial charge in [0.05, 0.1) is 21.4 Å². The molecule has 0 saturated heterocycles. The Morgan fingerprint density at radius 1 is 0.607 bits per heavy atom. The van der Waals surface area contributed by atoms with Gasteiger partial charge in [-0.15, -0.1) is 12.8 Å². The molecule has 0 spiro atoms. The van der Waals surface area contributed by atoms with Crippen LogP contribution in [0.15, 0.2) is 44.2 Å². The van der Waals surface area contributed by atoms with Crippen LogP contribution in [0.3, 0.4) is 0 Å². The zero-order valence-corrected chi connectivity index (χ0v) is 23.7. The largest absolute Gasteiger partial charge is 0.541 e. The summed E-state index contributed by atoms with van der Waals surface area (Å²) in [6, 6.07) is 7.81. The summed E-state index contributed by atoms with van der Waals surface area (Å²) in [5, 5.41) is 3.29. The summed E-state index contributed by atoms with van der Waals surface area (Å²) in [6.07, 6.45) is 4.95. The Bertz CT molecular complexity index is 1040. The van der Waals surface area contributed by atoms with Gasteiger partial charge in [0.15, 0.2) is 0 Å². The molecule has 133 valence electrons. The molecule has 2 aromatic carbocycles. The number of carbonyl (C=O) groups excluding carboxylic acids is 2. The van der Waals surface area contributed by atoms with Crippen molar-refractivity contribution in [3.63, 3.8) is 0 Å². The second-order valence-electron chi connectivity index (χ2n) is 5.90. The van der Waals surface area contributed by atoms with Gasteiger partial charge in [0, 0.05) is 105 Å². The van der Waals surface area contributed by atoms with Crippen LogP contribution >= 0.6 is 0 Å². The number of hydrogen-bond acceptors (Lipinski definition) is 6. The van der Waals surface area contributed by atoms with Gasteiger partial charge < -0.3 is 9.59 Å². The predicted octanol–water partition coefficient (Wildman–Crippen LogP) is -1.01. The maximum Gasteiger partial charge on any atom is 0.130 e. The maximum absolute atomic E-state index is 10.7. The van der Waals surface area contributed by atoms with Crippen molar-refractivity contribution in [2.24, 2.45) is 20.0 Å². The van der Waals surface area contributed by atoms with Crippen LogP contribution in [-0.4, -0.2) is 25.9 Å². The fourth-order valence-electron chi connectivity index (χ4n) is 3.32. The van der Waals surface area contributed by atoms with E-state index >= 15 is 0 Å². The summed E-state index contributed by atoms with van der Waals surface area (Å²) in [5.41, 5.74) is 3.81. The smallest absolute Gasteiger partial charge is 0.130 e. The van der Waals surface area contributed by atoms with Gasteiger partial charge in [0.1, 0.15) is 13.3 Å². The van der Waals surface area contributed by atoms with E-state index in [1.807, 2.05) is 36.8 Å². The minimum atomic E-state index is 0. The number of rotatable bonds is 6. The Morgan fingerprint density at radius 2 is 0.929 bits per heavy atom. The van der Waals surface area contributed by atoms with Crippen molar-refractivity contribution in [2.45, 2.75) is 19.3 Å². The minimum Gasteiger partial charge on any atom is -0.541 e. The second kappa shape index (κ2) is 12.2. The van der Waals surface area contributed by atoms with E-state index in [9.17, 15) is 9.59 Å². The molecule has 0 aromatic heterocycles. The first-order valence-corrected chi connectivity index (χ1v) is 8.01. The Hall–Kier alpha value is 0.292. The number of nitrogens with zero attached hydrogens (tertiary/aromatic N) is 4. The van der Waals surface area contributed by atoms with E-state index in [1.54, 1.807) is 0 Å². The Morgan fingerprint density at radius 3 is 1.29 bits per heavy atom. The molecular formula is C19H14N4O2Y3-2. The first kappa shape index (κ1) is 26.3. The summed E-state index contributed by atoms with van der Waals surface area (Å²) in [4.78, 5) is 39.2. The van der Waals surface area contributed by atoms with Crippen LogP contribution in [0.25, 0.3) is 0 Å². The standard InChI is InChI=1S/C19H14N4O2.3Y/c24-7-5-12-1-3-14(18-16(12)20-10-22-18)9-15-4-2-13(6-8-25)17-19(15)23-11-21-17;;;/h1-4H,5-6,9-11H2;;;/q-2;;;. The van der Waals surface area contributed by atoms with E-state index in [4.69, 9.17) is 0 Å². The fourth-order valence-corrected chi connectivity index (χ4v) is 3.32. The molecule has 3 radical (unpaired) electrons. The number of fused-ring (bicyclic) bond motifs is 2. The quantitative estimate of drug-likeness (QED) is 0.401. The van der Waals surface area contributed by atoms with Gasteiger partial charge in [-0.3, -0.25) is 32.5 Å². The van der Waals surface area contributed by atoms with Crippen LogP contribution in [0.2, 0.25) is 0 Å². The molecule has 0 aliphatic carbocycles. The van der Waals surface area contributed by atoms with Crippen molar-refractivity contribution < 1.29 is 108 Å². The Kier molecular flexibility index (Phi) is 11.5. The summed E-state index contributed by atoms with van der Waals surface area (Å²) in [6.45, 7) is 0.786. The average molecular weight is 597 g/mol. The van der Waals surface area contributed by atoms with Crippen LogP contribution in [0.4, 0.5) is 0 Å². The van der Waals surface area contributed by atoms with Gasteiger partial charge in [-0.05, 0) is 22.3 Å². The SMILES string of the molecule is O=[C-]Cc1ccc(Cc2ccc(C[C-]=O)c3c2=NCN=3)c2c1=NCN=2.[Y].[Y].[Y]. The van der Waals surface area contributed by atoms with Gasteiger partial charge >= 0.3 is 0 Å². The summed E-state index contributed by atoms with van der Waals surface area (Å²) in [5.74, 6) is 0. The third-order valence-electron chi connectivity index (χ3n) is 4.46. The molecule has 4 rings (SSSR count). The topological polar surface area (TPSA) is 83.6 Å². The molecule has 6 nitrogen and oxygen atoms in total. The molecule has 2 aliphatic rings. The first-order valence-electron chi connectivity index (χ1n) is 8.01. The second-order valence-corrected chi connectivity index (χ2v) is 5.90. The van der Waals surface area contributed by atoms with Gasteiger partial charge in [0.2, 0.25) is 0 Å². The fraction of sp³-hybridized carbons (Fsp3) is 0.263. The third-order valence-corrected chi connectivity index (χ3v) is 4.46. The molecule has 0 fully saturated rings. The maximum atomic E-state index is 10.7. The summed E-state index contributed by atoms with van der Waals surface area (Å²) < 4.78 is 0. The molecule has 0 unspecified atom stereocenters. The van der Waals surface area contributed by atoms with E-state index in [1.165, 1.54) is 0 Å². The van der Waals surface area contributed by atoms with E-state index in [2.05, 4.69) is 20.0 Å². The van der Waals surface area contributed by atoms with E-state index in [0.29, 0.717) is 19.8 Å². The number of benzene rings is 2. The van der Waals surface area contributed by atoms with Crippen LogP contribution < -0.4 is 21.4 Å². The Labute approximate surface area is 237 Å². The van der Waals surface area contributed by atoms with Crippen molar-refractivity contribution in [3.8, 4) is 0 Å². The van der Waals surface area contributed by atoms with Gasteiger partial charge in [-0.1, -0.05) is 24.3 Å². The predicted molar refractivity (Wildman–Crippen MR) is 88.8 cm³/mol. The molecule has 0 bridgehead atoms. The van der Waals surface area contributed by atoms with Gasteiger partial charge in [-0.2, -0.15) is 0 Å². The van der Waals surface area contributed by atoms with Crippen LogP contribution in [0.1, 0.15) is 22.3 Å². The summed E-state index contributed by atoms with van der Waals surface area (Å²) >= 11 is 0. The monoisotopic (exact) mass is 597 g/mol. The zero-order chi connectivity index (χ0) is 17.2. The molecule has 28 heavy (non-hydrogen) atoms. The molecule has 0 atom stereocenters. The van der Waals surface area contributed by atoms with E-state index < -0.39 is 0 Å². The van der Waals surface area contributed by atoms with Crippen molar-refractivity contribution in [3.05, 3.63) is 67.9 Å². The molecule has 2 heterocycles. The average Bonchev–Trinajstić information content (AvgIpc) is 3.29. The van der Waals surface area contributed by atoms with Crippen molar-refractivity contribution >= 4 is 12.6 Å². The normalized spacial score (nSPS) is 12.3. The van der Waals surface area contributed by atoms with Crippen molar-refractivity contribution in [1.29, 1.82) is 0 Å². The third kappa shape index (κ3) is 5.31. The van der Waals surface area contributed by atoms with Crippen LogP contribution in [-0.2, 0) is 127 Å². The van der Waals surface area contributed by atoms with Crippen molar-refractivity contribution in [1.82, 2.24) is 0 Å². The van der Waals surface area contributed by atoms with Gasteiger partial charge in [-0.25, -0.2) is 0 Å². The molecule has 0 N–H and O–H groups in total. The summed E-state index contributed by atoms with van der Waals surface area (Å²) in [7, 11) is 0. The molecular weight excluding hydrogens is 583 g/mol. The van der Waals surface area contributed by atoms with Crippen LogP contribution in [0, 0.1) is 0 Å². The zero-order valence-electron chi connectivity index (χ0n) is 15.2. The van der Waals surface area contributed by atoms with Crippen LogP contribution in [0.5, 0.6) is 0 Å². The molecule has 0 saturated carbocycles. The van der Waals surface area contributed by atoms with Crippen molar-refractivity contribution in [2.75, 3.05) is 13.3 Å². The molecule has 0 amide bonds. The molecule has 2 aliphatic heterocycles. The molecule has 2 aromatic rings. The Balaban J connectivity index is 0.00000131. The van der Waals surface area contributed by atoms with E-state index in [-0.39, 0.29) is 111 Å². The molecule has 9 heteroatoms. The van der Waals surface area contributed by atoms with Gasteiger partial charge in [0.25, 0.3) is 0 Å². The number of hydrogen-bond donors (Lipinski definition) is 0.